The second-order valence-corrected chi connectivity index (χ2v) is 6.92. The van der Waals surface area contributed by atoms with Gasteiger partial charge in [0.1, 0.15) is 12.1 Å². The number of fused-ring (bicyclic) bond motifs is 1. The lowest BCUT2D eigenvalue weighted by atomic mass is 9.92. The van der Waals surface area contributed by atoms with Crippen molar-refractivity contribution in [3.05, 3.63) is 78.4 Å². The molecule has 1 fully saturated rings. The van der Waals surface area contributed by atoms with Crippen LogP contribution >= 0.6 is 0 Å². The molecule has 1 aliphatic rings. The van der Waals surface area contributed by atoms with Crippen molar-refractivity contribution in [1.82, 2.24) is 10.2 Å². The topological polar surface area (TPSA) is 78.5 Å². The van der Waals surface area contributed by atoms with Gasteiger partial charge in [-0.15, -0.1) is 0 Å². The lowest BCUT2D eigenvalue weighted by Crippen LogP contribution is -2.42. The van der Waals surface area contributed by atoms with Crippen molar-refractivity contribution >= 4 is 34.3 Å². The fraction of sp³-hybridized carbons (Fsp3) is 0.136. The summed E-state index contributed by atoms with van der Waals surface area (Å²) in [5, 5.41) is 7.51. The molecular weight excluding hydrogens is 354 g/mol. The van der Waals surface area contributed by atoms with Gasteiger partial charge in [-0.1, -0.05) is 60.7 Å². The van der Waals surface area contributed by atoms with Crippen molar-refractivity contribution in [3.63, 3.8) is 0 Å². The molecule has 3 aromatic carbocycles. The van der Waals surface area contributed by atoms with Crippen LogP contribution in [0, 0.1) is 0 Å². The van der Waals surface area contributed by atoms with Crippen LogP contribution in [0.5, 0.6) is 0 Å². The maximum atomic E-state index is 12.9. The van der Waals surface area contributed by atoms with Gasteiger partial charge in [0.05, 0.1) is 0 Å². The van der Waals surface area contributed by atoms with E-state index in [4.69, 9.17) is 0 Å². The van der Waals surface area contributed by atoms with Gasteiger partial charge in [0.25, 0.3) is 5.91 Å². The Balaban J connectivity index is 1.49. The van der Waals surface area contributed by atoms with Gasteiger partial charge in [-0.2, -0.15) is 0 Å². The van der Waals surface area contributed by atoms with Gasteiger partial charge in [0, 0.05) is 5.69 Å². The van der Waals surface area contributed by atoms with E-state index in [1.165, 1.54) is 0 Å². The van der Waals surface area contributed by atoms with E-state index in [0.717, 1.165) is 15.7 Å². The normalized spacial score (nSPS) is 19.0. The minimum Gasteiger partial charge on any atom is -0.325 e. The molecule has 3 aromatic rings. The van der Waals surface area contributed by atoms with E-state index in [0.29, 0.717) is 11.3 Å². The highest BCUT2D eigenvalue weighted by Crippen LogP contribution is 2.28. The predicted octanol–water partition coefficient (Wildman–Crippen LogP) is 3.25. The van der Waals surface area contributed by atoms with Crippen LogP contribution in [0.2, 0.25) is 0 Å². The Morgan fingerprint density at radius 3 is 2.39 bits per heavy atom. The zero-order valence-corrected chi connectivity index (χ0v) is 15.3. The molecule has 1 atom stereocenters. The smallest absolute Gasteiger partial charge is 0.325 e. The molecule has 1 heterocycles. The molecule has 4 amide bonds. The van der Waals surface area contributed by atoms with Crippen LogP contribution in [-0.4, -0.2) is 29.3 Å². The highest BCUT2D eigenvalue weighted by atomic mass is 16.2. The standard InChI is InChI=1S/C22H19N3O3/c1-22(17-9-3-2-4-10-17)20(27)25(21(28)24-22)14-19(26)23-18-12-11-15-7-5-6-8-16(15)13-18/h2-13H,14H2,1H3,(H,23,26)(H,24,28)/t22-/m1/s1. The molecule has 4 rings (SSSR count). The van der Waals surface area contributed by atoms with Crippen LogP contribution < -0.4 is 10.6 Å². The molecule has 6 nitrogen and oxygen atoms in total. The lowest BCUT2D eigenvalue weighted by Gasteiger charge is -2.22. The van der Waals surface area contributed by atoms with Gasteiger partial charge in [-0.25, -0.2) is 4.79 Å². The second kappa shape index (κ2) is 6.81. The molecule has 28 heavy (non-hydrogen) atoms. The minimum atomic E-state index is -1.18. The van der Waals surface area contributed by atoms with Crippen molar-refractivity contribution < 1.29 is 14.4 Å². The Morgan fingerprint density at radius 1 is 0.964 bits per heavy atom. The number of hydrogen-bond acceptors (Lipinski definition) is 3. The van der Waals surface area contributed by atoms with Gasteiger partial charge in [0.15, 0.2) is 0 Å². The Bertz CT molecular complexity index is 1080. The number of imide groups is 1. The van der Waals surface area contributed by atoms with Crippen molar-refractivity contribution in [2.45, 2.75) is 12.5 Å². The number of benzene rings is 3. The summed E-state index contributed by atoms with van der Waals surface area (Å²) >= 11 is 0. The highest BCUT2D eigenvalue weighted by Gasteiger charge is 2.49. The van der Waals surface area contributed by atoms with Crippen LogP contribution in [0.1, 0.15) is 12.5 Å². The van der Waals surface area contributed by atoms with Crippen molar-refractivity contribution in [2.75, 3.05) is 11.9 Å². The number of urea groups is 1. The third-order valence-electron chi connectivity index (χ3n) is 4.96. The first-order valence-corrected chi connectivity index (χ1v) is 8.96. The molecule has 0 spiro atoms. The third-order valence-corrected chi connectivity index (χ3v) is 4.96. The van der Waals surface area contributed by atoms with Gasteiger partial charge in [-0.3, -0.25) is 14.5 Å². The zero-order chi connectivity index (χ0) is 19.7. The van der Waals surface area contributed by atoms with E-state index in [9.17, 15) is 14.4 Å². The largest absolute Gasteiger partial charge is 0.325 e. The summed E-state index contributed by atoms with van der Waals surface area (Å²) in [7, 11) is 0. The Morgan fingerprint density at radius 2 is 1.64 bits per heavy atom. The van der Waals surface area contributed by atoms with Crippen LogP contribution in [0.15, 0.2) is 72.8 Å². The Hall–Kier alpha value is -3.67. The van der Waals surface area contributed by atoms with Crippen molar-refractivity contribution in [3.8, 4) is 0 Å². The number of amides is 4. The summed E-state index contributed by atoms with van der Waals surface area (Å²) in [6.45, 7) is 1.30. The maximum Gasteiger partial charge on any atom is 0.325 e. The average Bonchev–Trinajstić information content (AvgIpc) is 2.92. The van der Waals surface area contributed by atoms with Gasteiger partial charge < -0.3 is 10.6 Å². The molecule has 2 N–H and O–H groups in total. The fourth-order valence-corrected chi connectivity index (χ4v) is 3.42. The van der Waals surface area contributed by atoms with E-state index in [2.05, 4.69) is 10.6 Å². The fourth-order valence-electron chi connectivity index (χ4n) is 3.42. The predicted molar refractivity (Wildman–Crippen MR) is 107 cm³/mol. The van der Waals surface area contributed by atoms with Gasteiger partial charge in [0.2, 0.25) is 5.91 Å². The molecule has 1 aliphatic heterocycles. The summed E-state index contributed by atoms with van der Waals surface area (Å²) in [5.74, 6) is -0.881. The number of carbonyl (C=O) groups is 3. The SMILES string of the molecule is C[C@]1(c2ccccc2)NC(=O)N(CC(=O)Nc2ccc3ccccc3c2)C1=O. The Kier molecular flexibility index (Phi) is 4.31. The van der Waals surface area contributed by atoms with E-state index < -0.39 is 23.4 Å². The molecule has 0 radical (unpaired) electrons. The second-order valence-electron chi connectivity index (χ2n) is 6.92. The van der Waals surface area contributed by atoms with Crippen LogP contribution in [-0.2, 0) is 15.1 Å². The number of anilines is 1. The third kappa shape index (κ3) is 3.09. The summed E-state index contributed by atoms with van der Waals surface area (Å²) in [5.41, 5.74) is 0.106. The molecule has 0 bridgehead atoms. The molecule has 0 aromatic heterocycles. The molecular formula is C22H19N3O3. The maximum absolute atomic E-state index is 12.9. The molecule has 0 aliphatic carbocycles. The Labute approximate surface area is 162 Å². The number of nitrogens with zero attached hydrogens (tertiary/aromatic N) is 1. The minimum absolute atomic E-state index is 0.347. The lowest BCUT2D eigenvalue weighted by molar-refractivity contribution is -0.133. The number of nitrogens with one attached hydrogen (secondary N) is 2. The van der Waals surface area contributed by atoms with E-state index in [1.54, 1.807) is 37.3 Å². The first kappa shape index (κ1) is 17.7. The summed E-state index contributed by atoms with van der Waals surface area (Å²) in [4.78, 5) is 38.6. The molecule has 0 unspecified atom stereocenters. The molecule has 140 valence electrons. The highest BCUT2D eigenvalue weighted by molar-refractivity contribution is 6.10. The number of hydrogen-bond donors (Lipinski definition) is 2. The van der Waals surface area contributed by atoms with E-state index in [-0.39, 0.29) is 6.54 Å². The van der Waals surface area contributed by atoms with Gasteiger partial charge >= 0.3 is 6.03 Å². The monoisotopic (exact) mass is 373 g/mol. The van der Waals surface area contributed by atoms with Crippen LogP contribution in [0.4, 0.5) is 10.5 Å². The van der Waals surface area contributed by atoms with E-state index in [1.807, 2.05) is 42.5 Å². The molecule has 0 saturated carbocycles. The van der Waals surface area contributed by atoms with Gasteiger partial charge in [-0.05, 0) is 35.4 Å². The van der Waals surface area contributed by atoms with Crippen LogP contribution in [0.3, 0.4) is 0 Å². The summed E-state index contributed by atoms with van der Waals surface area (Å²) in [6.07, 6.45) is 0. The quantitative estimate of drug-likeness (QED) is 0.689. The first-order valence-electron chi connectivity index (χ1n) is 8.96. The van der Waals surface area contributed by atoms with Crippen LogP contribution in [0.25, 0.3) is 10.8 Å². The molecule has 1 saturated heterocycles. The number of rotatable bonds is 4. The van der Waals surface area contributed by atoms with Crippen molar-refractivity contribution in [1.29, 1.82) is 0 Å². The number of carbonyl (C=O) groups excluding carboxylic acids is 3. The summed E-state index contributed by atoms with van der Waals surface area (Å²) < 4.78 is 0. The summed E-state index contributed by atoms with van der Waals surface area (Å²) in [6, 6.07) is 21.8. The average molecular weight is 373 g/mol. The molecule has 6 heteroatoms. The van der Waals surface area contributed by atoms with E-state index >= 15 is 0 Å². The first-order chi connectivity index (χ1) is 13.5. The zero-order valence-electron chi connectivity index (χ0n) is 15.3. The van der Waals surface area contributed by atoms with Crippen molar-refractivity contribution in [2.24, 2.45) is 0 Å².